The average Bonchev–Trinajstić information content (AvgIpc) is 3.18. The number of nitrogens with two attached hydrogens (primary N) is 1. The smallest absolute Gasteiger partial charge is 0.217 e. The first-order valence-electron chi connectivity index (χ1n) is 10.5. The lowest BCUT2D eigenvalue weighted by atomic mass is 9.89. The largest absolute Gasteiger partial charge is 0.469 e. The molecule has 0 aromatic carbocycles. The van der Waals surface area contributed by atoms with Crippen LogP contribution in [0.15, 0.2) is 27.8 Å². The van der Waals surface area contributed by atoms with E-state index in [1.54, 1.807) is 6.26 Å². The Hall–Kier alpha value is -1.98. The average molecular weight is 375 g/mol. The van der Waals surface area contributed by atoms with Crippen molar-refractivity contribution in [2.45, 2.75) is 57.8 Å². The third-order valence-electron chi connectivity index (χ3n) is 5.77. The van der Waals surface area contributed by atoms with Crippen molar-refractivity contribution < 1.29 is 9.21 Å². The molecule has 2 heterocycles. The fourth-order valence-corrected chi connectivity index (χ4v) is 4.31. The van der Waals surface area contributed by atoms with Gasteiger partial charge in [0.15, 0.2) is 5.96 Å². The molecule has 27 heavy (non-hydrogen) atoms. The van der Waals surface area contributed by atoms with E-state index in [0.717, 1.165) is 57.2 Å². The van der Waals surface area contributed by atoms with Crippen molar-refractivity contribution in [3.05, 3.63) is 24.2 Å². The Balaban J connectivity index is 1.59. The minimum absolute atomic E-state index is 0.201. The van der Waals surface area contributed by atoms with Crippen LogP contribution in [0.4, 0.5) is 0 Å². The van der Waals surface area contributed by atoms with Crippen LogP contribution in [0.5, 0.6) is 0 Å². The highest BCUT2D eigenvalue weighted by Crippen LogP contribution is 2.24. The summed E-state index contributed by atoms with van der Waals surface area (Å²) in [4.78, 5) is 18.6. The quantitative estimate of drug-likeness (QED) is 0.568. The highest BCUT2D eigenvalue weighted by molar-refractivity contribution is 5.80. The van der Waals surface area contributed by atoms with E-state index in [4.69, 9.17) is 15.1 Å². The Morgan fingerprint density at radius 2 is 2.04 bits per heavy atom. The molecule has 1 atom stereocenters. The molecule has 2 aliphatic rings. The molecule has 2 fully saturated rings. The Bertz CT molecular complexity index is 593. The summed E-state index contributed by atoms with van der Waals surface area (Å²) in [7, 11) is 0. The second-order valence-electron chi connectivity index (χ2n) is 8.05. The zero-order valence-corrected chi connectivity index (χ0v) is 16.4. The number of carbonyl (C=O) groups is 1. The Kier molecular flexibility index (Phi) is 7.60. The second-order valence-corrected chi connectivity index (χ2v) is 8.05. The van der Waals surface area contributed by atoms with Crippen LogP contribution >= 0.6 is 0 Å². The molecule has 0 radical (unpaired) electrons. The Morgan fingerprint density at radius 1 is 1.22 bits per heavy atom. The van der Waals surface area contributed by atoms with Gasteiger partial charge in [-0.3, -0.25) is 9.79 Å². The SMILES string of the molecule is NC(=O)CC1CCCN(C(=NCC2CCCCC2)NCCc2ccco2)C1. The summed E-state index contributed by atoms with van der Waals surface area (Å²) in [5.41, 5.74) is 5.42. The summed E-state index contributed by atoms with van der Waals surface area (Å²) in [6.07, 6.45) is 11.8. The predicted octanol–water partition coefficient (Wildman–Crippen LogP) is 2.94. The lowest BCUT2D eigenvalue weighted by molar-refractivity contribution is -0.119. The summed E-state index contributed by atoms with van der Waals surface area (Å²) in [6, 6.07) is 3.93. The summed E-state index contributed by atoms with van der Waals surface area (Å²) >= 11 is 0. The fourth-order valence-electron chi connectivity index (χ4n) is 4.31. The standard InChI is InChI=1S/C21H34N4O2/c22-20(26)14-18-8-4-12-25(16-18)21(23-11-10-19-9-5-13-27-19)24-15-17-6-2-1-3-7-17/h5,9,13,17-18H,1-4,6-8,10-12,14-16H2,(H2,22,26)(H,23,24). The predicted molar refractivity (Wildman–Crippen MR) is 107 cm³/mol. The Morgan fingerprint density at radius 3 is 2.78 bits per heavy atom. The van der Waals surface area contributed by atoms with Crippen LogP contribution in [0.2, 0.25) is 0 Å². The number of hydrogen-bond acceptors (Lipinski definition) is 3. The number of nitrogens with zero attached hydrogens (tertiary/aromatic N) is 2. The molecular weight excluding hydrogens is 340 g/mol. The first-order valence-corrected chi connectivity index (χ1v) is 10.5. The molecule has 0 bridgehead atoms. The number of piperidine rings is 1. The number of hydrogen-bond donors (Lipinski definition) is 2. The molecular formula is C21H34N4O2. The van der Waals surface area contributed by atoms with Gasteiger partial charge in [-0.1, -0.05) is 19.3 Å². The molecule has 0 spiro atoms. The van der Waals surface area contributed by atoms with Gasteiger partial charge in [0.25, 0.3) is 0 Å². The van der Waals surface area contributed by atoms with Gasteiger partial charge in [-0.15, -0.1) is 0 Å². The number of carbonyl (C=O) groups excluding carboxylic acids is 1. The topological polar surface area (TPSA) is 83.9 Å². The molecule has 1 unspecified atom stereocenters. The zero-order valence-electron chi connectivity index (χ0n) is 16.4. The van der Waals surface area contributed by atoms with Crippen molar-refractivity contribution in [1.29, 1.82) is 0 Å². The summed E-state index contributed by atoms with van der Waals surface area (Å²) in [5.74, 6) is 2.82. The maximum atomic E-state index is 11.3. The van der Waals surface area contributed by atoms with Gasteiger partial charge in [0.05, 0.1) is 6.26 Å². The number of amides is 1. The highest BCUT2D eigenvalue weighted by Gasteiger charge is 2.24. The van der Waals surface area contributed by atoms with Crippen molar-refractivity contribution in [1.82, 2.24) is 10.2 Å². The van der Waals surface area contributed by atoms with Crippen LogP contribution in [0, 0.1) is 11.8 Å². The van der Waals surface area contributed by atoms with Gasteiger partial charge in [-0.25, -0.2) is 0 Å². The van der Waals surface area contributed by atoms with Crippen LogP contribution in [-0.4, -0.2) is 42.9 Å². The van der Waals surface area contributed by atoms with Gasteiger partial charge in [0.2, 0.25) is 5.91 Å². The van der Waals surface area contributed by atoms with E-state index in [1.165, 1.54) is 32.1 Å². The first kappa shape index (κ1) is 19.8. The van der Waals surface area contributed by atoms with Gasteiger partial charge in [-0.05, 0) is 49.7 Å². The van der Waals surface area contributed by atoms with Gasteiger partial charge in [0, 0.05) is 39.0 Å². The summed E-state index contributed by atoms with van der Waals surface area (Å²) in [6.45, 7) is 3.56. The van der Waals surface area contributed by atoms with E-state index in [9.17, 15) is 4.79 Å². The number of primary amides is 1. The zero-order chi connectivity index (χ0) is 18.9. The van der Waals surface area contributed by atoms with Crippen LogP contribution in [0.3, 0.4) is 0 Å². The third-order valence-corrected chi connectivity index (χ3v) is 5.77. The normalized spacial score (nSPS) is 22.0. The molecule has 3 N–H and O–H groups in total. The molecule has 150 valence electrons. The molecule has 1 aromatic rings. The highest BCUT2D eigenvalue weighted by atomic mass is 16.3. The van der Waals surface area contributed by atoms with Gasteiger partial charge >= 0.3 is 0 Å². The minimum atomic E-state index is -0.201. The van der Waals surface area contributed by atoms with Crippen molar-refractivity contribution >= 4 is 11.9 Å². The van der Waals surface area contributed by atoms with Crippen molar-refractivity contribution in [3.63, 3.8) is 0 Å². The Labute approximate surface area is 162 Å². The number of likely N-dealkylation sites (tertiary alicyclic amines) is 1. The van der Waals surface area contributed by atoms with E-state index < -0.39 is 0 Å². The fraction of sp³-hybridized carbons (Fsp3) is 0.714. The van der Waals surface area contributed by atoms with E-state index in [-0.39, 0.29) is 5.91 Å². The van der Waals surface area contributed by atoms with Crippen LogP contribution in [0.1, 0.15) is 57.1 Å². The van der Waals surface area contributed by atoms with E-state index >= 15 is 0 Å². The number of nitrogens with one attached hydrogen (secondary N) is 1. The monoisotopic (exact) mass is 374 g/mol. The molecule has 1 aliphatic heterocycles. The molecule has 1 saturated carbocycles. The maximum absolute atomic E-state index is 11.3. The van der Waals surface area contributed by atoms with Crippen molar-refractivity contribution in [2.24, 2.45) is 22.6 Å². The maximum Gasteiger partial charge on any atom is 0.217 e. The molecule has 6 heteroatoms. The van der Waals surface area contributed by atoms with E-state index in [1.807, 2.05) is 12.1 Å². The van der Waals surface area contributed by atoms with Gasteiger partial charge < -0.3 is 20.4 Å². The number of rotatable bonds is 7. The van der Waals surface area contributed by atoms with E-state index in [0.29, 0.717) is 18.3 Å². The van der Waals surface area contributed by atoms with Crippen molar-refractivity contribution in [2.75, 3.05) is 26.2 Å². The first-order chi connectivity index (χ1) is 13.2. The van der Waals surface area contributed by atoms with Crippen LogP contribution < -0.4 is 11.1 Å². The molecule has 6 nitrogen and oxygen atoms in total. The van der Waals surface area contributed by atoms with Crippen molar-refractivity contribution in [3.8, 4) is 0 Å². The van der Waals surface area contributed by atoms with Crippen LogP contribution in [0.25, 0.3) is 0 Å². The number of aliphatic imine (C=N–C) groups is 1. The summed E-state index contributed by atoms with van der Waals surface area (Å²) in [5, 5.41) is 3.54. The second kappa shape index (κ2) is 10.4. The van der Waals surface area contributed by atoms with Gasteiger partial charge in [0.1, 0.15) is 5.76 Å². The lowest BCUT2D eigenvalue weighted by Crippen LogP contribution is -2.47. The minimum Gasteiger partial charge on any atom is -0.469 e. The molecule has 1 saturated heterocycles. The molecule has 3 rings (SSSR count). The number of guanidine groups is 1. The third kappa shape index (κ3) is 6.60. The molecule has 1 aliphatic carbocycles. The molecule has 1 aromatic heterocycles. The number of furan rings is 1. The van der Waals surface area contributed by atoms with E-state index in [2.05, 4.69) is 10.2 Å². The summed E-state index contributed by atoms with van der Waals surface area (Å²) < 4.78 is 5.43. The van der Waals surface area contributed by atoms with Gasteiger partial charge in [-0.2, -0.15) is 0 Å². The molecule has 1 amide bonds. The van der Waals surface area contributed by atoms with Crippen LogP contribution in [-0.2, 0) is 11.2 Å². The lowest BCUT2D eigenvalue weighted by Gasteiger charge is -2.35.